The molecule has 6 heteroatoms. The molecule has 0 aliphatic carbocycles. The van der Waals surface area contributed by atoms with Gasteiger partial charge in [-0.25, -0.2) is 9.98 Å². The van der Waals surface area contributed by atoms with Gasteiger partial charge in [0.2, 0.25) is 5.88 Å². The van der Waals surface area contributed by atoms with Crippen LogP contribution in [0.25, 0.3) is 0 Å². The van der Waals surface area contributed by atoms with Crippen LogP contribution in [0.1, 0.15) is 16.7 Å². The second-order valence-corrected chi connectivity index (χ2v) is 6.11. The summed E-state index contributed by atoms with van der Waals surface area (Å²) in [6.07, 6.45) is 2.62. The standard InChI is InChI=1S/C22H24N4O.HI/c23-22(25-15-13-18-8-3-1-4-9-18)26-16-20-12-7-14-24-21(20)27-17-19-10-5-2-6-11-19;/h1-12,14H,13,15-17H2,(H3,23,25,26);1H. The van der Waals surface area contributed by atoms with Crippen molar-refractivity contribution in [1.82, 2.24) is 10.3 Å². The Morgan fingerprint density at radius 1 is 0.929 bits per heavy atom. The number of pyridine rings is 1. The molecule has 0 spiro atoms. The van der Waals surface area contributed by atoms with Gasteiger partial charge in [0.25, 0.3) is 0 Å². The van der Waals surface area contributed by atoms with E-state index in [1.165, 1.54) is 5.56 Å². The molecular weight excluding hydrogens is 463 g/mol. The molecule has 0 unspecified atom stereocenters. The first-order chi connectivity index (χ1) is 13.3. The van der Waals surface area contributed by atoms with E-state index in [0.29, 0.717) is 25.0 Å². The summed E-state index contributed by atoms with van der Waals surface area (Å²) in [5.74, 6) is 1.01. The predicted molar refractivity (Wildman–Crippen MR) is 124 cm³/mol. The molecule has 0 fully saturated rings. The number of nitrogens with two attached hydrogens (primary N) is 1. The Morgan fingerprint density at radius 2 is 1.61 bits per heavy atom. The van der Waals surface area contributed by atoms with Crippen molar-refractivity contribution in [2.75, 3.05) is 6.54 Å². The minimum atomic E-state index is 0. The predicted octanol–water partition coefficient (Wildman–Crippen LogP) is 3.93. The molecule has 2 aromatic carbocycles. The van der Waals surface area contributed by atoms with Gasteiger partial charge in [0.15, 0.2) is 5.96 Å². The van der Waals surface area contributed by atoms with Gasteiger partial charge in [-0.1, -0.05) is 66.7 Å². The number of benzene rings is 2. The summed E-state index contributed by atoms with van der Waals surface area (Å²) in [6.45, 7) is 1.63. The van der Waals surface area contributed by atoms with E-state index >= 15 is 0 Å². The number of aromatic nitrogens is 1. The van der Waals surface area contributed by atoms with Crippen molar-refractivity contribution >= 4 is 29.9 Å². The summed E-state index contributed by atoms with van der Waals surface area (Å²) in [7, 11) is 0. The molecule has 0 aliphatic heterocycles. The summed E-state index contributed by atoms with van der Waals surface area (Å²) in [5.41, 5.74) is 9.24. The Hall–Kier alpha value is -2.61. The van der Waals surface area contributed by atoms with Gasteiger partial charge in [-0.2, -0.15) is 0 Å². The highest BCUT2D eigenvalue weighted by Crippen LogP contribution is 2.17. The SMILES string of the molecule is I.NC(=NCc1cccnc1OCc1ccccc1)NCCc1ccccc1. The Kier molecular flexibility index (Phi) is 9.27. The van der Waals surface area contributed by atoms with E-state index in [1.807, 2.05) is 60.7 Å². The Balaban J connectivity index is 0.00000280. The summed E-state index contributed by atoms with van der Waals surface area (Å²) in [5, 5.41) is 3.15. The van der Waals surface area contributed by atoms with E-state index in [0.717, 1.165) is 24.1 Å². The molecule has 0 bridgehead atoms. The van der Waals surface area contributed by atoms with Crippen LogP contribution in [-0.4, -0.2) is 17.5 Å². The molecular formula is C22H25IN4O. The van der Waals surface area contributed by atoms with Crippen LogP contribution in [0.3, 0.4) is 0 Å². The minimum Gasteiger partial charge on any atom is -0.473 e. The maximum Gasteiger partial charge on any atom is 0.218 e. The highest BCUT2D eigenvalue weighted by atomic mass is 127. The lowest BCUT2D eigenvalue weighted by molar-refractivity contribution is 0.290. The number of nitrogens with one attached hydrogen (secondary N) is 1. The molecule has 3 aromatic rings. The number of aliphatic imine (C=N–C) groups is 1. The number of guanidine groups is 1. The molecule has 3 N–H and O–H groups in total. The number of hydrogen-bond acceptors (Lipinski definition) is 3. The second-order valence-electron chi connectivity index (χ2n) is 6.11. The van der Waals surface area contributed by atoms with Gasteiger partial charge in [-0.05, 0) is 23.6 Å². The van der Waals surface area contributed by atoms with Gasteiger partial charge in [0, 0.05) is 18.3 Å². The van der Waals surface area contributed by atoms with Crippen molar-refractivity contribution in [3.05, 3.63) is 95.7 Å². The fraction of sp³-hybridized carbons (Fsp3) is 0.182. The monoisotopic (exact) mass is 488 g/mol. The minimum absolute atomic E-state index is 0. The number of ether oxygens (including phenoxy) is 1. The first kappa shape index (κ1) is 21.7. The van der Waals surface area contributed by atoms with Crippen LogP contribution in [-0.2, 0) is 19.6 Å². The van der Waals surface area contributed by atoms with Crippen molar-refractivity contribution in [2.45, 2.75) is 19.6 Å². The normalized spacial score (nSPS) is 10.8. The fourth-order valence-electron chi connectivity index (χ4n) is 2.61. The summed E-state index contributed by atoms with van der Waals surface area (Å²) in [6, 6.07) is 24.1. The molecule has 1 aromatic heterocycles. The highest BCUT2D eigenvalue weighted by molar-refractivity contribution is 14.0. The van der Waals surface area contributed by atoms with Crippen LogP contribution in [0, 0.1) is 0 Å². The second kappa shape index (κ2) is 12.0. The maximum atomic E-state index is 5.98. The first-order valence-corrected chi connectivity index (χ1v) is 8.99. The molecule has 1 heterocycles. The molecule has 5 nitrogen and oxygen atoms in total. The van der Waals surface area contributed by atoms with E-state index in [4.69, 9.17) is 10.5 Å². The van der Waals surface area contributed by atoms with Gasteiger partial charge in [0.05, 0.1) is 6.54 Å². The molecule has 0 amide bonds. The van der Waals surface area contributed by atoms with Gasteiger partial charge in [-0.15, -0.1) is 24.0 Å². The van der Waals surface area contributed by atoms with Crippen molar-refractivity contribution < 1.29 is 4.74 Å². The van der Waals surface area contributed by atoms with Crippen molar-refractivity contribution in [3.63, 3.8) is 0 Å². The fourth-order valence-corrected chi connectivity index (χ4v) is 2.61. The molecule has 0 atom stereocenters. The number of rotatable bonds is 8. The molecule has 0 radical (unpaired) electrons. The topological polar surface area (TPSA) is 72.5 Å². The van der Waals surface area contributed by atoms with E-state index < -0.39 is 0 Å². The Bertz CT molecular complexity index is 857. The van der Waals surface area contributed by atoms with Gasteiger partial charge in [0.1, 0.15) is 6.61 Å². The zero-order valence-electron chi connectivity index (χ0n) is 15.6. The Morgan fingerprint density at radius 3 is 2.32 bits per heavy atom. The van der Waals surface area contributed by atoms with Crippen LogP contribution >= 0.6 is 24.0 Å². The van der Waals surface area contributed by atoms with Crippen molar-refractivity contribution in [3.8, 4) is 5.88 Å². The van der Waals surface area contributed by atoms with Crippen molar-refractivity contribution in [1.29, 1.82) is 0 Å². The highest BCUT2D eigenvalue weighted by Gasteiger charge is 2.05. The van der Waals surface area contributed by atoms with Crippen LogP contribution < -0.4 is 15.8 Å². The molecule has 0 saturated carbocycles. The first-order valence-electron chi connectivity index (χ1n) is 8.99. The third kappa shape index (κ3) is 7.19. The molecule has 3 rings (SSSR count). The average Bonchev–Trinajstić information content (AvgIpc) is 2.73. The number of hydrogen-bond donors (Lipinski definition) is 2. The quantitative estimate of drug-likeness (QED) is 0.287. The van der Waals surface area contributed by atoms with Crippen LogP contribution in [0.5, 0.6) is 5.88 Å². The Labute approximate surface area is 183 Å². The van der Waals surface area contributed by atoms with E-state index in [-0.39, 0.29) is 24.0 Å². The zero-order chi connectivity index (χ0) is 18.7. The number of halogens is 1. The largest absolute Gasteiger partial charge is 0.473 e. The van der Waals surface area contributed by atoms with Gasteiger partial charge >= 0.3 is 0 Å². The summed E-state index contributed by atoms with van der Waals surface area (Å²) < 4.78 is 5.85. The van der Waals surface area contributed by atoms with Gasteiger partial charge < -0.3 is 15.8 Å². The van der Waals surface area contributed by atoms with Crippen LogP contribution in [0.4, 0.5) is 0 Å². The average molecular weight is 488 g/mol. The molecule has 0 saturated heterocycles. The maximum absolute atomic E-state index is 5.98. The third-order valence-electron chi connectivity index (χ3n) is 4.05. The summed E-state index contributed by atoms with van der Waals surface area (Å²) in [4.78, 5) is 8.73. The molecule has 0 aliphatic rings. The molecule has 28 heavy (non-hydrogen) atoms. The van der Waals surface area contributed by atoms with Crippen molar-refractivity contribution in [2.24, 2.45) is 10.7 Å². The zero-order valence-corrected chi connectivity index (χ0v) is 18.0. The number of nitrogens with zero attached hydrogens (tertiary/aromatic N) is 2. The lowest BCUT2D eigenvalue weighted by Crippen LogP contribution is -2.33. The van der Waals surface area contributed by atoms with E-state index in [2.05, 4.69) is 27.4 Å². The lowest BCUT2D eigenvalue weighted by Gasteiger charge is -2.10. The van der Waals surface area contributed by atoms with Crippen LogP contribution in [0.15, 0.2) is 84.0 Å². The smallest absolute Gasteiger partial charge is 0.218 e. The summed E-state index contributed by atoms with van der Waals surface area (Å²) >= 11 is 0. The van der Waals surface area contributed by atoms with Gasteiger partial charge in [-0.3, -0.25) is 0 Å². The third-order valence-corrected chi connectivity index (χ3v) is 4.05. The molecule has 146 valence electrons. The van der Waals surface area contributed by atoms with E-state index in [9.17, 15) is 0 Å². The van der Waals surface area contributed by atoms with E-state index in [1.54, 1.807) is 6.20 Å². The van der Waals surface area contributed by atoms with Crippen LogP contribution in [0.2, 0.25) is 0 Å². The lowest BCUT2D eigenvalue weighted by atomic mass is 10.1.